The zero-order valence-electron chi connectivity index (χ0n) is 10.2. The van der Waals surface area contributed by atoms with Gasteiger partial charge in [-0.2, -0.15) is 0 Å². The summed E-state index contributed by atoms with van der Waals surface area (Å²) >= 11 is 4.86. The molecule has 2 aromatic heterocycles. The summed E-state index contributed by atoms with van der Waals surface area (Å²) in [6.45, 7) is 0. The van der Waals surface area contributed by atoms with E-state index in [9.17, 15) is 4.39 Å². The summed E-state index contributed by atoms with van der Waals surface area (Å²) < 4.78 is 15.2. The van der Waals surface area contributed by atoms with Crippen molar-refractivity contribution >= 4 is 48.4 Å². The van der Waals surface area contributed by atoms with Crippen LogP contribution in [0.5, 0.6) is 0 Å². The minimum absolute atomic E-state index is 0.288. The van der Waals surface area contributed by atoms with Gasteiger partial charge in [0.2, 0.25) is 0 Å². The van der Waals surface area contributed by atoms with E-state index in [1.165, 1.54) is 16.2 Å². The number of aromatic amines is 1. The molecule has 0 amide bonds. The number of fused-ring (bicyclic) bond motifs is 2. The second-order valence-corrected chi connectivity index (χ2v) is 6.46. The van der Waals surface area contributed by atoms with Gasteiger partial charge in [-0.3, -0.25) is 0 Å². The van der Waals surface area contributed by atoms with Gasteiger partial charge in [0.25, 0.3) is 0 Å². The molecule has 98 valence electrons. The third-order valence-electron chi connectivity index (χ3n) is 3.18. The minimum Gasteiger partial charge on any atom is -0.337 e. The standard InChI is InChI=1S/C15H8BrFN2S/c16-9-6-11-12(7-10(9)17)19-15(18-11)14-5-8-3-1-2-4-13(8)20-14/h1-7H,(H,18,19). The van der Waals surface area contributed by atoms with E-state index in [0.717, 1.165) is 16.2 Å². The fourth-order valence-electron chi connectivity index (χ4n) is 2.22. The molecular weight excluding hydrogens is 339 g/mol. The summed E-state index contributed by atoms with van der Waals surface area (Å²) in [5.41, 5.74) is 1.46. The Morgan fingerprint density at radius 2 is 2.00 bits per heavy atom. The third-order valence-corrected chi connectivity index (χ3v) is 4.91. The number of thiophene rings is 1. The number of halogens is 2. The molecule has 0 saturated carbocycles. The lowest BCUT2D eigenvalue weighted by Crippen LogP contribution is -1.77. The van der Waals surface area contributed by atoms with Gasteiger partial charge < -0.3 is 4.98 Å². The molecule has 0 aliphatic heterocycles. The van der Waals surface area contributed by atoms with Crippen LogP contribution < -0.4 is 0 Å². The van der Waals surface area contributed by atoms with Crippen LogP contribution in [0.25, 0.3) is 31.8 Å². The molecule has 0 radical (unpaired) electrons. The molecule has 2 nitrogen and oxygen atoms in total. The average Bonchev–Trinajstić information content (AvgIpc) is 3.02. The number of benzene rings is 2. The lowest BCUT2D eigenvalue weighted by Gasteiger charge is -1.92. The smallest absolute Gasteiger partial charge is 0.148 e. The largest absolute Gasteiger partial charge is 0.337 e. The molecular formula is C15H8BrFN2S. The number of nitrogens with one attached hydrogen (secondary N) is 1. The Hall–Kier alpha value is -1.72. The number of nitrogens with zero attached hydrogens (tertiary/aromatic N) is 1. The van der Waals surface area contributed by atoms with E-state index in [0.29, 0.717) is 9.99 Å². The van der Waals surface area contributed by atoms with E-state index in [4.69, 9.17) is 0 Å². The maximum absolute atomic E-state index is 13.5. The zero-order chi connectivity index (χ0) is 13.7. The third kappa shape index (κ3) is 1.85. The van der Waals surface area contributed by atoms with E-state index < -0.39 is 0 Å². The molecule has 0 aliphatic rings. The van der Waals surface area contributed by atoms with Gasteiger partial charge >= 0.3 is 0 Å². The van der Waals surface area contributed by atoms with Crippen LogP contribution in [-0.4, -0.2) is 9.97 Å². The number of aromatic nitrogens is 2. The van der Waals surface area contributed by atoms with Crippen LogP contribution >= 0.6 is 27.3 Å². The summed E-state index contributed by atoms with van der Waals surface area (Å²) in [7, 11) is 0. The maximum Gasteiger partial charge on any atom is 0.148 e. The SMILES string of the molecule is Fc1cc2[nH]c(-c3cc4ccccc4s3)nc2cc1Br. The highest BCUT2D eigenvalue weighted by Crippen LogP contribution is 2.33. The first-order chi connectivity index (χ1) is 9.70. The number of imidazole rings is 1. The molecule has 0 aliphatic carbocycles. The molecule has 0 saturated heterocycles. The number of hydrogen-bond donors (Lipinski definition) is 1. The Morgan fingerprint density at radius 1 is 1.15 bits per heavy atom. The van der Waals surface area contributed by atoms with Crippen molar-refractivity contribution in [3.63, 3.8) is 0 Å². The molecule has 0 fully saturated rings. The first-order valence-corrected chi connectivity index (χ1v) is 7.65. The van der Waals surface area contributed by atoms with Gasteiger partial charge in [-0.05, 0) is 39.5 Å². The zero-order valence-corrected chi connectivity index (χ0v) is 12.6. The second kappa shape index (κ2) is 4.40. The van der Waals surface area contributed by atoms with E-state index in [1.807, 2.05) is 12.1 Å². The fourth-order valence-corrected chi connectivity index (χ4v) is 3.56. The topological polar surface area (TPSA) is 28.7 Å². The van der Waals surface area contributed by atoms with Crippen molar-refractivity contribution < 1.29 is 4.39 Å². The molecule has 4 rings (SSSR count). The number of rotatable bonds is 1. The normalized spacial score (nSPS) is 11.5. The van der Waals surface area contributed by atoms with Crippen molar-refractivity contribution in [2.24, 2.45) is 0 Å². The predicted octanol–water partition coefficient (Wildman–Crippen LogP) is 5.35. The molecule has 4 aromatic rings. The summed E-state index contributed by atoms with van der Waals surface area (Å²) in [5, 5.41) is 1.19. The van der Waals surface area contributed by atoms with Gasteiger partial charge in [0.15, 0.2) is 0 Å². The average molecular weight is 347 g/mol. The predicted molar refractivity (Wildman–Crippen MR) is 84.6 cm³/mol. The molecule has 2 aromatic carbocycles. The van der Waals surface area contributed by atoms with E-state index in [1.54, 1.807) is 17.4 Å². The van der Waals surface area contributed by atoms with Crippen molar-refractivity contribution in [2.45, 2.75) is 0 Å². The van der Waals surface area contributed by atoms with Crippen LogP contribution in [-0.2, 0) is 0 Å². The van der Waals surface area contributed by atoms with Gasteiger partial charge in [-0.15, -0.1) is 11.3 Å². The van der Waals surface area contributed by atoms with Crippen molar-refractivity contribution in [1.82, 2.24) is 9.97 Å². The minimum atomic E-state index is -0.288. The highest BCUT2D eigenvalue weighted by atomic mass is 79.9. The van der Waals surface area contributed by atoms with Crippen molar-refractivity contribution in [1.29, 1.82) is 0 Å². The summed E-state index contributed by atoms with van der Waals surface area (Å²) in [6, 6.07) is 13.5. The van der Waals surface area contributed by atoms with Gasteiger partial charge in [0.05, 0.1) is 20.4 Å². The summed E-state index contributed by atoms with van der Waals surface area (Å²) in [4.78, 5) is 8.77. The molecule has 5 heteroatoms. The molecule has 20 heavy (non-hydrogen) atoms. The lowest BCUT2D eigenvalue weighted by atomic mass is 10.2. The Kier molecular flexibility index (Phi) is 2.65. The fraction of sp³-hybridized carbons (Fsp3) is 0. The summed E-state index contributed by atoms with van der Waals surface area (Å²) in [5.74, 6) is 0.489. The molecule has 0 bridgehead atoms. The summed E-state index contributed by atoms with van der Waals surface area (Å²) in [6.07, 6.45) is 0. The Bertz CT molecular complexity index is 870. The van der Waals surface area contributed by atoms with Crippen LogP contribution in [0.15, 0.2) is 46.9 Å². The lowest BCUT2D eigenvalue weighted by molar-refractivity contribution is 0.623. The van der Waals surface area contributed by atoms with Gasteiger partial charge in [0, 0.05) is 10.8 Å². The first-order valence-electron chi connectivity index (χ1n) is 6.04. The van der Waals surface area contributed by atoms with Crippen molar-refractivity contribution in [2.75, 3.05) is 0 Å². The van der Waals surface area contributed by atoms with E-state index in [2.05, 4.69) is 44.1 Å². The van der Waals surface area contributed by atoms with E-state index in [-0.39, 0.29) is 5.82 Å². The van der Waals surface area contributed by atoms with Crippen LogP contribution in [0.2, 0.25) is 0 Å². The van der Waals surface area contributed by atoms with Crippen LogP contribution in [0, 0.1) is 5.82 Å². The second-order valence-electron chi connectivity index (χ2n) is 4.52. The Labute approximate surface area is 126 Å². The maximum atomic E-state index is 13.5. The highest BCUT2D eigenvalue weighted by molar-refractivity contribution is 9.10. The monoisotopic (exact) mass is 346 g/mol. The molecule has 1 N–H and O–H groups in total. The number of H-pyrrole nitrogens is 1. The number of hydrogen-bond acceptors (Lipinski definition) is 2. The quantitative estimate of drug-likeness (QED) is 0.494. The highest BCUT2D eigenvalue weighted by Gasteiger charge is 2.11. The van der Waals surface area contributed by atoms with Crippen LogP contribution in [0.4, 0.5) is 4.39 Å². The van der Waals surface area contributed by atoms with Gasteiger partial charge in [-0.1, -0.05) is 18.2 Å². The Morgan fingerprint density at radius 3 is 2.85 bits per heavy atom. The van der Waals surface area contributed by atoms with Crippen LogP contribution in [0.3, 0.4) is 0 Å². The van der Waals surface area contributed by atoms with E-state index >= 15 is 0 Å². The first kappa shape index (κ1) is 12.1. The van der Waals surface area contributed by atoms with Gasteiger partial charge in [0.1, 0.15) is 11.6 Å². The molecule has 0 atom stereocenters. The molecule has 0 unspecified atom stereocenters. The van der Waals surface area contributed by atoms with Crippen molar-refractivity contribution in [3.05, 3.63) is 52.8 Å². The van der Waals surface area contributed by atoms with Crippen LogP contribution in [0.1, 0.15) is 0 Å². The van der Waals surface area contributed by atoms with Crippen molar-refractivity contribution in [3.8, 4) is 10.7 Å². The Balaban J connectivity index is 1.93. The molecule has 0 spiro atoms. The van der Waals surface area contributed by atoms with Gasteiger partial charge in [-0.25, -0.2) is 9.37 Å². The molecule has 2 heterocycles.